The lowest BCUT2D eigenvalue weighted by molar-refractivity contribution is -0.109. The zero-order valence-corrected chi connectivity index (χ0v) is 6.16. The fourth-order valence-corrected chi connectivity index (χ4v) is 0.655. The first-order chi connectivity index (χ1) is 5.33. The number of nitrogens with zero attached hydrogens (tertiary/aromatic N) is 1. The first kappa shape index (κ1) is 7.53. The maximum atomic E-state index is 9.85. The summed E-state index contributed by atoms with van der Waals surface area (Å²) in [4.78, 5) is 13.9. The second-order valence-corrected chi connectivity index (χ2v) is 2.08. The van der Waals surface area contributed by atoms with E-state index >= 15 is 0 Å². The minimum absolute atomic E-state index is 0.569. The number of hydrogen-bond donors (Lipinski definition) is 2. The van der Waals surface area contributed by atoms with E-state index in [-0.39, 0.29) is 0 Å². The maximum absolute atomic E-state index is 9.85. The number of aryl methyl sites for hydroxylation is 1. The van der Waals surface area contributed by atoms with E-state index < -0.39 is 0 Å². The van der Waals surface area contributed by atoms with Crippen LogP contribution in [0.1, 0.15) is 5.69 Å². The van der Waals surface area contributed by atoms with Gasteiger partial charge in [-0.2, -0.15) is 0 Å². The Kier molecular flexibility index (Phi) is 2.43. The predicted octanol–water partition coefficient (Wildman–Crippen LogP) is 0.463. The molecule has 1 aromatic rings. The van der Waals surface area contributed by atoms with E-state index in [1.165, 1.54) is 0 Å². The normalized spacial score (nSPS) is 8.82. The Morgan fingerprint density at radius 2 is 2.36 bits per heavy atom. The Hall–Kier alpha value is -1.58. The highest BCUT2D eigenvalue weighted by Crippen LogP contribution is 2.02. The summed E-state index contributed by atoms with van der Waals surface area (Å²) in [6.07, 6.45) is 2.21. The number of carbonyl (C=O) groups is 1. The van der Waals surface area contributed by atoms with E-state index in [0.717, 1.165) is 11.4 Å². The van der Waals surface area contributed by atoms with Crippen molar-refractivity contribution in [3.63, 3.8) is 0 Å². The van der Waals surface area contributed by atoms with Gasteiger partial charge >= 0.3 is 0 Å². The number of anilines is 1. The van der Waals surface area contributed by atoms with Gasteiger partial charge in [0.25, 0.3) is 0 Å². The molecule has 0 aliphatic rings. The van der Waals surface area contributed by atoms with Gasteiger partial charge in [-0.25, -0.2) is 0 Å². The van der Waals surface area contributed by atoms with Crippen LogP contribution in [0.2, 0.25) is 0 Å². The Labute approximate surface area is 64.6 Å². The second-order valence-electron chi connectivity index (χ2n) is 2.08. The molecule has 2 N–H and O–H groups in total. The van der Waals surface area contributed by atoms with E-state index in [1.54, 1.807) is 6.20 Å². The highest BCUT2D eigenvalue weighted by Gasteiger charge is 1.88. The number of hydrazine groups is 1. The largest absolute Gasteiger partial charge is 0.297 e. The van der Waals surface area contributed by atoms with Gasteiger partial charge in [-0.15, -0.1) is 0 Å². The summed E-state index contributed by atoms with van der Waals surface area (Å²) in [6.45, 7) is 1.90. The smallest absolute Gasteiger partial charge is 0.225 e. The molecule has 1 heterocycles. The molecule has 0 unspecified atom stereocenters. The molecule has 0 atom stereocenters. The number of pyridine rings is 1. The van der Waals surface area contributed by atoms with Gasteiger partial charge in [0.2, 0.25) is 6.41 Å². The van der Waals surface area contributed by atoms with Crippen molar-refractivity contribution in [3.05, 3.63) is 24.0 Å². The summed E-state index contributed by atoms with van der Waals surface area (Å²) in [5, 5.41) is 0. The number of carbonyl (C=O) groups excluding carboxylic acids is 1. The Balaban J connectivity index is 2.58. The van der Waals surface area contributed by atoms with E-state index in [0.29, 0.717) is 6.41 Å². The summed E-state index contributed by atoms with van der Waals surface area (Å²) < 4.78 is 0. The van der Waals surface area contributed by atoms with Crippen LogP contribution in [0.5, 0.6) is 0 Å². The van der Waals surface area contributed by atoms with Crippen molar-refractivity contribution < 1.29 is 4.79 Å². The molecule has 0 aliphatic heterocycles. The molecule has 0 radical (unpaired) electrons. The standard InChI is InChI=1S/C7H9N3O/c1-6-2-3-7(4-8-6)10-9-5-11/h2-5,10H,1H3,(H,9,11). The van der Waals surface area contributed by atoms with Crippen molar-refractivity contribution in [2.24, 2.45) is 0 Å². The first-order valence-electron chi connectivity index (χ1n) is 3.21. The third-order valence-electron chi connectivity index (χ3n) is 1.19. The van der Waals surface area contributed by atoms with Gasteiger partial charge in [0.15, 0.2) is 0 Å². The molecule has 0 saturated carbocycles. The molecule has 4 nitrogen and oxygen atoms in total. The molecule has 58 valence electrons. The minimum atomic E-state index is 0.569. The molecule has 0 fully saturated rings. The average Bonchev–Trinajstić information content (AvgIpc) is 2.04. The maximum Gasteiger partial charge on any atom is 0.225 e. The lowest BCUT2D eigenvalue weighted by atomic mass is 10.3. The average molecular weight is 151 g/mol. The van der Waals surface area contributed by atoms with E-state index in [9.17, 15) is 4.79 Å². The van der Waals surface area contributed by atoms with Crippen LogP contribution in [-0.4, -0.2) is 11.4 Å². The Morgan fingerprint density at radius 3 is 2.91 bits per heavy atom. The van der Waals surface area contributed by atoms with Crippen molar-refractivity contribution in [2.75, 3.05) is 5.43 Å². The number of nitrogens with one attached hydrogen (secondary N) is 2. The van der Waals surface area contributed by atoms with E-state index in [4.69, 9.17) is 0 Å². The number of aromatic nitrogens is 1. The molecule has 11 heavy (non-hydrogen) atoms. The zero-order valence-electron chi connectivity index (χ0n) is 6.16. The molecular formula is C7H9N3O. The number of hydrogen-bond acceptors (Lipinski definition) is 3. The van der Waals surface area contributed by atoms with Crippen molar-refractivity contribution in [2.45, 2.75) is 6.92 Å². The lowest BCUT2D eigenvalue weighted by Gasteiger charge is -2.01. The van der Waals surface area contributed by atoms with Crippen LogP contribution in [0, 0.1) is 6.92 Å². The second kappa shape index (κ2) is 3.55. The van der Waals surface area contributed by atoms with Gasteiger partial charge in [-0.3, -0.25) is 20.6 Å². The fraction of sp³-hybridized carbons (Fsp3) is 0.143. The van der Waals surface area contributed by atoms with Gasteiger partial charge in [0, 0.05) is 5.69 Å². The summed E-state index contributed by atoms with van der Waals surface area (Å²) >= 11 is 0. The van der Waals surface area contributed by atoms with Crippen molar-refractivity contribution in [1.29, 1.82) is 0 Å². The Morgan fingerprint density at radius 1 is 1.55 bits per heavy atom. The summed E-state index contributed by atoms with van der Waals surface area (Å²) in [7, 11) is 0. The molecule has 1 rings (SSSR count). The van der Waals surface area contributed by atoms with Gasteiger partial charge in [0.05, 0.1) is 11.9 Å². The van der Waals surface area contributed by atoms with Crippen LogP contribution in [0.3, 0.4) is 0 Å². The van der Waals surface area contributed by atoms with Crippen molar-refractivity contribution in [3.8, 4) is 0 Å². The third-order valence-corrected chi connectivity index (χ3v) is 1.19. The van der Waals surface area contributed by atoms with Crippen LogP contribution >= 0.6 is 0 Å². The predicted molar refractivity (Wildman–Crippen MR) is 41.8 cm³/mol. The molecule has 0 spiro atoms. The minimum Gasteiger partial charge on any atom is -0.297 e. The van der Waals surface area contributed by atoms with Gasteiger partial charge in [0.1, 0.15) is 0 Å². The van der Waals surface area contributed by atoms with Gasteiger partial charge in [-0.05, 0) is 19.1 Å². The van der Waals surface area contributed by atoms with Crippen LogP contribution < -0.4 is 10.9 Å². The monoisotopic (exact) mass is 151 g/mol. The highest BCUT2D eigenvalue weighted by molar-refractivity contribution is 5.52. The molecule has 0 aliphatic carbocycles. The molecule has 0 aromatic carbocycles. The van der Waals surface area contributed by atoms with Crippen molar-refractivity contribution >= 4 is 12.1 Å². The first-order valence-corrected chi connectivity index (χ1v) is 3.21. The summed E-state index contributed by atoms with van der Waals surface area (Å²) in [5.41, 5.74) is 6.67. The summed E-state index contributed by atoms with van der Waals surface area (Å²) in [5.74, 6) is 0. The summed E-state index contributed by atoms with van der Waals surface area (Å²) in [6, 6.07) is 3.69. The fourth-order valence-electron chi connectivity index (χ4n) is 0.655. The third kappa shape index (κ3) is 2.25. The topological polar surface area (TPSA) is 54.0 Å². The number of rotatable bonds is 3. The van der Waals surface area contributed by atoms with Crippen LogP contribution in [0.4, 0.5) is 5.69 Å². The molecule has 0 saturated heterocycles. The molecular weight excluding hydrogens is 142 g/mol. The van der Waals surface area contributed by atoms with Crippen molar-refractivity contribution in [1.82, 2.24) is 10.4 Å². The van der Waals surface area contributed by atoms with E-state index in [1.807, 2.05) is 19.1 Å². The van der Waals surface area contributed by atoms with Gasteiger partial charge in [-0.1, -0.05) is 0 Å². The molecule has 0 bridgehead atoms. The van der Waals surface area contributed by atoms with E-state index in [2.05, 4.69) is 15.8 Å². The Bertz CT molecular complexity index is 232. The van der Waals surface area contributed by atoms with Crippen LogP contribution in [0.25, 0.3) is 0 Å². The lowest BCUT2D eigenvalue weighted by Crippen LogP contribution is -2.18. The molecule has 4 heteroatoms. The van der Waals surface area contributed by atoms with Crippen LogP contribution in [0.15, 0.2) is 18.3 Å². The zero-order chi connectivity index (χ0) is 8.10. The molecule has 1 amide bonds. The highest BCUT2D eigenvalue weighted by atomic mass is 16.1. The quantitative estimate of drug-likeness (QED) is 0.487. The SMILES string of the molecule is Cc1ccc(NNC=O)cn1. The molecule has 1 aromatic heterocycles. The van der Waals surface area contributed by atoms with Gasteiger partial charge < -0.3 is 0 Å². The number of amides is 1. The van der Waals surface area contributed by atoms with Crippen LogP contribution in [-0.2, 0) is 4.79 Å².